The van der Waals surface area contributed by atoms with Crippen molar-refractivity contribution in [1.29, 1.82) is 0 Å². The molecule has 5 rings (SSSR count). The first-order valence-electron chi connectivity index (χ1n) is 11.6. The Morgan fingerprint density at radius 3 is 2.74 bits per heavy atom. The van der Waals surface area contributed by atoms with Crippen molar-refractivity contribution in [2.75, 3.05) is 12.4 Å². The molecular formula is C25H31N5O. The van der Waals surface area contributed by atoms with Gasteiger partial charge in [-0.3, -0.25) is 4.79 Å². The lowest BCUT2D eigenvalue weighted by atomic mass is 10.00. The average molecular weight is 418 g/mol. The van der Waals surface area contributed by atoms with Crippen LogP contribution in [0.5, 0.6) is 0 Å². The van der Waals surface area contributed by atoms with Crippen molar-refractivity contribution in [3.8, 4) is 0 Å². The first kappa shape index (κ1) is 20.0. The molecule has 2 aliphatic carbocycles. The van der Waals surface area contributed by atoms with Crippen LogP contribution in [0.3, 0.4) is 0 Å². The minimum atomic E-state index is -0.180. The number of aromatic amines is 1. The summed E-state index contributed by atoms with van der Waals surface area (Å²) in [5.41, 5.74) is 3.21. The molecule has 1 unspecified atom stereocenters. The predicted molar refractivity (Wildman–Crippen MR) is 123 cm³/mol. The number of anilines is 1. The van der Waals surface area contributed by atoms with E-state index in [4.69, 9.17) is 4.98 Å². The van der Waals surface area contributed by atoms with Gasteiger partial charge in [-0.25, -0.2) is 9.97 Å². The van der Waals surface area contributed by atoms with E-state index in [1.54, 1.807) is 0 Å². The molecule has 0 spiro atoms. The maximum absolute atomic E-state index is 13.0. The number of amides is 1. The highest BCUT2D eigenvalue weighted by atomic mass is 16.1. The number of nitrogens with one attached hydrogen (secondary N) is 3. The lowest BCUT2D eigenvalue weighted by molar-refractivity contribution is -0.122. The standard InChI is InChI=1S/C25H31N5O/c1-26-23-14-22(29-25(30-23)17-10-11-17)21(28-24(31)12-16-6-2-3-7-16)13-18-15-27-20-9-5-4-8-19(18)20/h4-5,8-9,14-17,21,27H,2-3,6-7,10-13H2,1H3,(H,28,31)(H,26,29,30). The Balaban J connectivity index is 1.44. The van der Waals surface area contributed by atoms with Gasteiger partial charge >= 0.3 is 0 Å². The van der Waals surface area contributed by atoms with Gasteiger partial charge in [-0.2, -0.15) is 0 Å². The van der Waals surface area contributed by atoms with Crippen LogP contribution in [0.15, 0.2) is 36.5 Å². The molecule has 3 aromatic rings. The maximum Gasteiger partial charge on any atom is 0.220 e. The van der Waals surface area contributed by atoms with E-state index in [0.717, 1.165) is 35.7 Å². The third kappa shape index (κ3) is 4.58. The minimum absolute atomic E-state index is 0.134. The fourth-order valence-electron chi connectivity index (χ4n) is 4.80. The molecule has 0 radical (unpaired) electrons. The fraction of sp³-hybridized carbons (Fsp3) is 0.480. The van der Waals surface area contributed by atoms with Crippen LogP contribution in [-0.4, -0.2) is 27.9 Å². The first-order valence-corrected chi connectivity index (χ1v) is 11.6. The Hall–Kier alpha value is -2.89. The molecule has 6 nitrogen and oxygen atoms in total. The highest BCUT2D eigenvalue weighted by Gasteiger charge is 2.29. The number of aromatic nitrogens is 3. The molecule has 6 heteroatoms. The second-order valence-electron chi connectivity index (χ2n) is 9.10. The highest BCUT2D eigenvalue weighted by molar-refractivity contribution is 5.83. The van der Waals surface area contributed by atoms with Gasteiger partial charge in [0.2, 0.25) is 5.91 Å². The summed E-state index contributed by atoms with van der Waals surface area (Å²) in [6.45, 7) is 0. The molecule has 0 bridgehead atoms. The summed E-state index contributed by atoms with van der Waals surface area (Å²) < 4.78 is 0. The maximum atomic E-state index is 13.0. The topological polar surface area (TPSA) is 82.7 Å². The third-order valence-electron chi connectivity index (χ3n) is 6.70. The first-order chi connectivity index (χ1) is 15.2. The van der Waals surface area contributed by atoms with Crippen molar-refractivity contribution in [2.24, 2.45) is 5.92 Å². The largest absolute Gasteiger partial charge is 0.373 e. The molecule has 2 fully saturated rings. The van der Waals surface area contributed by atoms with Crippen LogP contribution in [0, 0.1) is 5.92 Å². The van der Waals surface area contributed by atoms with Crippen LogP contribution in [0.25, 0.3) is 10.9 Å². The van der Waals surface area contributed by atoms with E-state index in [0.29, 0.717) is 24.7 Å². The smallest absolute Gasteiger partial charge is 0.220 e. The second kappa shape index (κ2) is 8.69. The van der Waals surface area contributed by atoms with E-state index in [1.165, 1.54) is 36.6 Å². The van der Waals surface area contributed by atoms with Gasteiger partial charge in [-0.15, -0.1) is 0 Å². The summed E-state index contributed by atoms with van der Waals surface area (Å²) in [6, 6.07) is 10.1. The SMILES string of the molecule is CNc1cc(C(Cc2c[nH]c3ccccc23)NC(=O)CC2CCCC2)nc(C2CC2)n1. The van der Waals surface area contributed by atoms with Crippen LogP contribution in [0.1, 0.15) is 74.0 Å². The van der Waals surface area contributed by atoms with Gasteiger partial charge in [0.15, 0.2) is 0 Å². The Labute approximate surface area is 183 Å². The van der Waals surface area contributed by atoms with Crippen LogP contribution >= 0.6 is 0 Å². The van der Waals surface area contributed by atoms with Gasteiger partial charge < -0.3 is 15.6 Å². The molecule has 1 amide bonds. The molecule has 0 aliphatic heterocycles. The zero-order valence-corrected chi connectivity index (χ0v) is 18.2. The number of H-pyrrole nitrogens is 1. The summed E-state index contributed by atoms with van der Waals surface area (Å²) >= 11 is 0. The average Bonchev–Trinajstić information content (AvgIpc) is 3.38. The zero-order chi connectivity index (χ0) is 21.2. The quantitative estimate of drug-likeness (QED) is 0.489. The van der Waals surface area contributed by atoms with Crippen molar-refractivity contribution in [3.63, 3.8) is 0 Å². The van der Waals surface area contributed by atoms with Crippen LogP contribution in [-0.2, 0) is 11.2 Å². The summed E-state index contributed by atoms with van der Waals surface area (Å²) in [4.78, 5) is 25.9. The molecular weight excluding hydrogens is 386 g/mol. The molecule has 2 saturated carbocycles. The summed E-state index contributed by atoms with van der Waals surface area (Å²) in [6.07, 6.45) is 10.5. The molecule has 3 N–H and O–H groups in total. The van der Waals surface area contributed by atoms with Crippen molar-refractivity contribution in [1.82, 2.24) is 20.3 Å². The van der Waals surface area contributed by atoms with Gasteiger partial charge in [0.25, 0.3) is 0 Å². The summed E-state index contributed by atoms with van der Waals surface area (Å²) in [5, 5.41) is 7.70. The van der Waals surface area contributed by atoms with Crippen LogP contribution < -0.4 is 10.6 Å². The van der Waals surface area contributed by atoms with Gasteiger partial charge in [-0.05, 0) is 43.2 Å². The number of hydrogen-bond donors (Lipinski definition) is 3. The molecule has 162 valence electrons. The number of carbonyl (C=O) groups excluding carboxylic acids is 1. The van der Waals surface area contributed by atoms with Crippen molar-refractivity contribution in [2.45, 2.75) is 63.3 Å². The molecule has 2 aromatic heterocycles. The molecule has 0 saturated heterocycles. The van der Waals surface area contributed by atoms with Crippen molar-refractivity contribution < 1.29 is 4.79 Å². The predicted octanol–water partition coefficient (Wildman–Crippen LogP) is 4.86. The number of hydrogen-bond acceptors (Lipinski definition) is 4. The van der Waals surface area contributed by atoms with E-state index < -0.39 is 0 Å². The monoisotopic (exact) mass is 417 g/mol. The molecule has 2 heterocycles. The Morgan fingerprint density at radius 2 is 1.97 bits per heavy atom. The van der Waals surface area contributed by atoms with Crippen LogP contribution in [0.2, 0.25) is 0 Å². The summed E-state index contributed by atoms with van der Waals surface area (Å²) in [7, 11) is 1.89. The normalized spacial score (nSPS) is 17.7. The van der Waals surface area contributed by atoms with E-state index in [1.807, 2.05) is 19.2 Å². The van der Waals surface area contributed by atoms with Gasteiger partial charge in [0, 0.05) is 49.0 Å². The fourth-order valence-corrected chi connectivity index (χ4v) is 4.80. The Kier molecular flexibility index (Phi) is 5.62. The highest BCUT2D eigenvalue weighted by Crippen LogP contribution is 2.39. The molecule has 1 atom stereocenters. The van der Waals surface area contributed by atoms with Gasteiger partial charge in [-0.1, -0.05) is 31.0 Å². The van der Waals surface area contributed by atoms with E-state index in [-0.39, 0.29) is 11.9 Å². The lowest BCUT2D eigenvalue weighted by Gasteiger charge is -2.21. The van der Waals surface area contributed by atoms with Gasteiger partial charge in [0.05, 0.1) is 11.7 Å². The van der Waals surface area contributed by atoms with Crippen molar-refractivity contribution in [3.05, 3.63) is 53.6 Å². The number of fused-ring (bicyclic) bond motifs is 1. The van der Waals surface area contributed by atoms with Crippen molar-refractivity contribution >= 4 is 22.6 Å². The second-order valence-corrected chi connectivity index (χ2v) is 9.10. The molecule has 1 aromatic carbocycles. The van der Waals surface area contributed by atoms with E-state index in [9.17, 15) is 4.79 Å². The number of para-hydroxylation sites is 1. The number of carbonyl (C=O) groups is 1. The number of rotatable bonds is 8. The molecule has 2 aliphatic rings. The van der Waals surface area contributed by atoms with E-state index >= 15 is 0 Å². The zero-order valence-electron chi connectivity index (χ0n) is 18.2. The number of nitrogens with zero attached hydrogens (tertiary/aromatic N) is 2. The summed E-state index contributed by atoms with van der Waals surface area (Å²) in [5.74, 6) is 2.83. The van der Waals surface area contributed by atoms with E-state index in [2.05, 4.69) is 45.0 Å². The third-order valence-corrected chi connectivity index (χ3v) is 6.70. The van der Waals surface area contributed by atoms with Crippen LogP contribution in [0.4, 0.5) is 5.82 Å². The van der Waals surface area contributed by atoms with Gasteiger partial charge in [0.1, 0.15) is 11.6 Å². The Morgan fingerprint density at radius 1 is 1.16 bits per heavy atom. The number of benzene rings is 1. The Bertz CT molecular complexity index is 1060. The minimum Gasteiger partial charge on any atom is -0.373 e. The molecule has 31 heavy (non-hydrogen) atoms. The lowest BCUT2D eigenvalue weighted by Crippen LogP contribution is -2.32.